The second-order valence-electron chi connectivity index (χ2n) is 4.45. The Morgan fingerprint density at radius 3 is 2.57 bits per heavy atom. The quantitative estimate of drug-likeness (QED) is 0.631. The van der Waals surface area contributed by atoms with E-state index in [4.69, 9.17) is 0 Å². The van der Waals surface area contributed by atoms with Crippen LogP contribution < -0.4 is 5.32 Å². The van der Waals surface area contributed by atoms with E-state index in [2.05, 4.69) is 21.2 Å². The van der Waals surface area contributed by atoms with Gasteiger partial charge in [0.25, 0.3) is 5.69 Å². The van der Waals surface area contributed by atoms with Gasteiger partial charge in [-0.15, -0.1) is 0 Å². The molecule has 2 aromatic carbocycles. The summed E-state index contributed by atoms with van der Waals surface area (Å²) in [5, 5.41) is 13.9. The van der Waals surface area contributed by atoms with E-state index in [1.54, 1.807) is 13.0 Å². The lowest BCUT2D eigenvalue weighted by Crippen LogP contribution is -2.10. The third kappa shape index (κ3) is 3.55. The smallest absolute Gasteiger partial charge is 0.293 e. The zero-order valence-electron chi connectivity index (χ0n) is 10.9. The number of nitrogens with zero attached hydrogens (tertiary/aromatic N) is 1. The van der Waals surface area contributed by atoms with Gasteiger partial charge in [0.1, 0.15) is 17.3 Å². The molecule has 0 bridgehead atoms. The molecule has 0 radical (unpaired) electrons. The number of hydrogen-bond acceptors (Lipinski definition) is 3. The molecule has 1 unspecified atom stereocenters. The van der Waals surface area contributed by atoms with Crippen LogP contribution in [0, 0.1) is 21.7 Å². The van der Waals surface area contributed by atoms with E-state index in [0.29, 0.717) is 4.47 Å². The molecule has 0 saturated carbocycles. The van der Waals surface area contributed by atoms with Gasteiger partial charge in [-0.25, -0.2) is 8.78 Å². The lowest BCUT2D eigenvalue weighted by molar-refractivity contribution is -0.384. The zero-order valence-corrected chi connectivity index (χ0v) is 12.5. The van der Waals surface area contributed by atoms with Gasteiger partial charge in [-0.05, 0) is 25.1 Å². The van der Waals surface area contributed by atoms with Gasteiger partial charge in [-0.3, -0.25) is 10.1 Å². The summed E-state index contributed by atoms with van der Waals surface area (Å²) in [5.74, 6) is -1.37. The monoisotopic (exact) mass is 356 g/mol. The van der Waals surface area contributed by atoms with Crippen LogP contribution >= 0.6 is 15.9 Å². The molecule has 0 amide bonds. The topological polar surface area (TPSA) is 55.2 Å². The summed E-state index contributed by atoms with van der Waals surface area (Å²) in [4.78, 5) is 10.5. The average molecular weight is 357 g/mol. The molecule has 110 valence electrons. The standard InChI is InChI=1S/C14H11BrF2N2O2/c1-8(11-4-3-10(16)7-12(11)17)18-13-5-2-9(15)6-14(13)19(20)21/h2-8,18H,1H3. The molecule has 4 nitrogen and oxygen atoms in total. The minimum Gasteiger partial charge on any atom is -0.373 e. The fourth-order valence-electron chi connectivity index (χ4n) is 1.94. The number of nitro benzene ring substituents is 1. The maximum absolute atomic E-state index is 13.7. The number of benzene rings is 2. The van der Waals surface area contributed by atoms with Crippen molar-refractivity contribution in [3.8, 4) is 0 Å². The average Bonchev–Trinajstić information content (AvgIpc) is 2.40. The van der Waals surface area contributed by atoms with Crippen LogP contribution in [0.15, 0.2) is 40.9 Å². The summed E-state index contributed by atoms with van der Waals surface area (Å²) in [6.07, 6.45) is 0. The van der Waals surface area contributed by atoms with Crippen molar-refractivity contribution in [2.24, 2.45) is 0 Å². The van der Waals surface area contributed by atoms with Gasteiger partial charge in [-0.1, -0.05) is 22.0 Å². The van der Waals surface area contributed by atoms with E-state index < -0.39 is 22.6 Å². The number of nitrogens with one attached hydrogen (secondary N) is 1. The van der Waals surface area contributed by atoms with Crippen LogP contribution in [0.4, 0.5) is 20.2 Å². The molecule has 2 rings (SSSR count). The SMILES string of the molecule is CC(Nc1ccc(Br)cc1[N+](=O)[O-])c1ccc(F)cc1F. The van der Waals surface area contributed by atoms with Crippen molar-refractivity contribution in [2.75, 3.05) is 5.32 Å². The highest BCUT2D eigenvalue weighted by Crippen LogP contribution is 2.31. The molecule has 0 saturated heterocycles. The van der Waals surface area contributed by atoms with Crippen LogP contribution in [0.3, 0.4) is 0 Å². The van der Waals surface area contributed by atoms with Crippen molar-refractivity contribution in [2.45, 2.75) is 13.0 Å². The first-order valence-electron chi connectivity index (χ1n) is 6.04. The first-order valence-corrected chi connectivity index (χ1v) is 6.83. The van der Waals surface area contributed by atoms with E-state index in [0.717, 1.165) is 12.1 Å². The molecular formula is C14H11BrF2N2O2. The largest absolute Gasteiger partial charge is 0.373 e. The van der Waals surface area contributed by atoms with E-state index in [1.807, 2.05) is 0 Å². The Balaban J connectivity index is 2.31. The van der Waals surface area contributed by atoms with Crippen LogP contribution in [-0.2, 0) is 0 Å². The Bertz CT molecular complexity index is 695. The van der Waals surface area contributed by atoms with Crippen LogP contribution in [0.1, 0.15) is 18.5 Å². The van der Waals surface area contributed by atoms with Gasteiger partial charge in [0.2, 0.25) is 0 Å². The van der Waals surface area contributed by atoms with Gasteiger partial charge >= 0.3 is 0 Å². The highest BCUT2D eigenvalue weighted by molar-refractivity contribution is 9.10. The van der Waals surface area contributed by atoms with Crippen molar-refractivity contribution in [1.29, 1.82) is 0 Å². The number of nitro groups is 1. The normalized spacial score (nSPS) is 12.0. The molecule has 7 heteroatoms. The molecule has 1 N–H and O–H groups in total. The van der Waals surface area contributed by atoms with E-state index in [9.17, 15) is 18.9 Å². The molecule has 0 heterocycles. The Hall–Kier alpha value is -2.02. The molecule has 2 aromatic rings. The highest BCUT2D eigenvalue weighted by Gasteiger charge is 2.18. The highest BCUT2D eigenvalue weighted by atomic mass is 79.9. The molecule has 0 spiro atoms. The maximum Gasteiger partial charge on any atom is 0.293 e. The van der Waals surface area contributed by atoms with Gasteiger partial charge in [-0.2, -0.15) is 0 Å². The summed E-state index contributed by atoms with van der Waals surface area (Å²) < 4.78 is 27.2. The van der Waals surface area contributed by atoms with Crippen molar-refractivity contribution in [3.63, 3.8) is 0 Å². The minimum absolute atomic E-state index is 0.126. The van der Waals surface area contributed by atoms with Crippen LogP contribution in [0.5, 0.6) is 0 Å². The van der Waals surface area contributed by atoms with E-state index >= 15 is 0 Å². The fourth-order valence-corrected chi connectivity index (χ4v) is 2.29. The second kappa shape index (κ2) is 6.17. The van der Waals surface area contributed by atoms with Gasteiger partial charge in [0.05, 0.1) is 11.0 Å². The van der Waals surface area contributed by atoms with Crippen LogP contribution in [-0.4, -0.2) is 4.92 Å². The van der Waals surface area contributed by atoms with Gasteiger partial charge < -0.3 is 5.32 Å². The van der Waals surface area contributed by atoms with Gasteiger partial charge in [0.15, 0.2) is 0 Å². The molecule has 21 heavy (non-hydrogen) atoms. The lowest BCUT2D eigenvalue weighted by Gasteiger charge is -2.16. The van der Waals surface area contributed by atoms with Crippen LogP contribution in [0.25, 0.3) is 0 Å². The number of hydrogen-bond donors (Lipinski definition) is 1. The van der Waals surface area contributed by atoms with E-state index in [-0.39, 0.29) is 16.9 Å². The van der Waals surface area contributed by atoms with Gasteiger partial charge in [0, 0.05) is 22.2 Å². The maximum atomic E-state index is 13.7. The first kappa shape index (κ1) is 15.4. The zero-order chi connectivity index (χ0) is 15.6. The third-order valence-corrected chi connectivity index (χ3v) is 3.45. The van der Waals surface area contributed by atoms with Crippen molar-refractivity contribution in [1.82, 2.24) is 0 Å². The van der Waals surface area contributed by atoms with Crippen molar-refractivity contribution >= 4 is 27.3 Å². The number of halogens is 3. The Labute approximate surface area is 128 Å². The summed E-state index contributed by atoms with van der Waals surface area (Å²) >= 11 is 3.16. The Morgan fingerprint density at radius 1 is 1.24 bits per heavy atom. The molecular weight excluding hydrogens is 346 g/mol. The van der Waals surface area contributed by atoms with E-state index in [1.165, 1.54) is 18.2 Å². The lowest BCUT2D eigenvalue weighted by atomic mass is 10.1. The molecule has 0 aromatic heterocycles. The number of rotatable bonds is 4. The Kier molecular flexibility index (Phi) is 4.52. The first-order chi connectivity index (χ1) is 9.88. The predicted molar refractivity (Wildman–Crippen MR) is 79.2 cm³/mol. The summed E-state index contributed by atoms with van der Waals surface area (Å²) in [6, 6.07) is 7.22. The predicted octanol–water partition coefficient (Wildman–Crippen LogP) is 4.81. The summed E-state index contributed by atoms with van der Waals surface area (Å²) in [6.45, 7) is 1.64. The summed E-state index contributed by atoms with van der Waals surface area (Å²) in [7, 11) is 0. The molecule has 0 aliphatic carbocycles. The second-order valence-corrected chi connectivity index (χ2v) is 5.37. The molecule has 0 fully saturated rings. The molecule has 0 aliphatic rings. The fraction of sp³-hybridized carbons (Fsp3) is 0.143. The van der Waals surface area contributed by atoms with Crippen molar-refractivity contribution < 1.29 is 13.7 Å². The van der Waals surface area contributed by atoms with Crippen molar-refractivity contribution in [3.05, 3.63) is 68.2 Å². The summed E-state index contributed by atoms with van der Waals surface area (Å²) in [5.41, 5.74) is 0.367. The number of anilines is 1. The molecule has 1 atom stereocenters. The Morgan fingerprint density at radius 2 is 1.95 bits per heavy atom. The molecule has 0 aliphatic heterocycles. The van der Waals surface area contributed by atoms with Crippen LogP contribution in [0.2, 0.25) is 0 Å². The minimum atomic E-state index is -0.699. The third-order valence-electron chi connectivity index (χ3n) is 2.96.